The minimum atomic E-state index is -4.02. The van der Waals surface area contributed by atoms with Gasteiger partial charge in [0.2, 0.25) is 10.0 Å². The Bertz CT molecular complexity index is 697. The molecule has 1 aliphatic heterocycles. The van der Waals surface area contributed by atoms with E-state index in [1.165, 1.54) is 12.1 Å². The van der Waals surface area contributed by atoms with E-state index in [0.717, 1.165) is 10.4 Å². The zero-order valence-electron chi connectivity index (χ0n) is 11.3. The van der Waals surface area contributed by atoms with E-state index in [2.05, 4.69) is 0 Å². The molecular formula is C13H15NO6S. The maximum Gasteiger partial charge on any atom is 0.335 e. The van der Waals surface area contributed by atoms with Gasteiger partial charge >= 0.3 is 11.9 Å². The van der Waals surface area contributed by atoms with Gasteiger partial charge in [0.05, 0.1) is 10.5 Å². The second kappa shape index (κ2) is 5.45. The molecule has 0 amide bonds. The van der Waals surface area contributed by atoms with Gasteiger partial charge in [-0.2, -0.15) is 4.31 Å². The first-order chi connectivity index (χ1) is 9.75. The molecule has 1 heterocycles. The topological polar surface area (TPSA) is 112 Å². The van der Waals surface area contributed by atoms with Gasteiger partial charge in [-0.3, -0.25) is 4.79 Å². The Hall–Kier alpha value is -1.93. The highest BCUT2D eigenvalue weighted by molar-refractivity contribution is 7.89. The Kier molecular flexibility index (Phi) is 4.02. The van der Waals surface area contributed by atoms with E-state index in [1.54, 1.807) is 6.92 Å². The summed E-state index contributed by atoms with van der Waals surface area (Å²) in [5.74, 6) is -2.41. The largest absolute Gasteiger partial charge is 0.480 e. The van der Waals surface area contributed by atoms with Gasteiger partial charge in [-0.05, 0) is 37.5 Å². The third-order valence-electron chi connectivity index (χ3n) is 3.53. The highest BCUT2D eigenvalue weighted by Crippen LogP contribution is 2.27. The Morgan fingerprint density at radius 3 is 2.52 bits per heavy atom. The van der Waals surface area contributed by atoms with Crippen molar-refractivity contribution < 1.29 is 28.2 Å². The van der Waals surface area contributed by atoms with Crippen LogP contribution in [0.2, 0.25) is 0 Å². The van der Waals surface area contributed by atoms with Gasteiger partial charge in [0.1, 0.15) is 6.04 Å². The summed E-state index contributed by atoms with van der Waals surface area (Å²) in [4.78, 5) is 22.0. The van der Waals surface area contributed by atoms with Crippen molar-refractivity contribution >= 4 is 22.0 Å². The number of benzene rings is 1. The Morgan fingerprint density at radius 2 is 1.95 bits per heavy atom. The van der Waals surface area contributed by atoms with Crippen molar-refractivity contribution in [3.8, 4) is 0 Å². The maximum atomic E-state index is 12.5. The third-order valence-corrected chi connectivity index (χ3v) is 5.44. The maximum absolute atomic E-state index is 12.5. The normalized spacial score (nSPS) is 19.6. The van der Waals surface area contributed by atoms with Crippen LogP contribution in [0.1, 0.15) is 28.8 Å². The molecule has 0 aliphatic carbocycles. The highest BCUT2D eigenvalue weighted by Gasteiger charge is 2.39. The van der Waals surface area contributed by atoms with Gasteiger partial charge < -0.3 is 10.2 Å². The Morgan fingerprint density at radius 1 is 1.29 bits per heavy atom. The summed E-state index contributed by atoms with van der Waals surface area (Å²) in [7, 11) is -4.02. The molecule has 114 valence electrons. The molecule has 1 atom stereocenters. The fourth-order valence-electron chi connectivity index (χ4n) is 2.40. The van der Waals surface area contributed by atoms with Crippen LogP contribution in [-0.2, 0) is 14.8 Å². The van der Waals surface area contributed by atoms with Gasteiger partial charge in [0, 0.05) is 6.54 Å². The SMILES string of the molecule is Cc1ccc(S(=O)(=O)N2CCC[C@H]2C(=O)O)cc1C(=O)O. The van der Waals surface area contributed by atoms with Crippen molar-refractivity contribution in [1.82, 2.24) is 4.31 Å². The molecule has 8 heteroatoms. The van der Waals surface area contributed by atoms with Crippen LogP contribution in [0, 0.1) is 6.92 Å². The molecule has 1 aromatic carbocycles. The van der Waals surface area contributed by atoms with E-state index in [9.17, 15) is 18.0 Å². The molecule has 0 saturated carbocycles. The second-order valence-corrected chi connectivity index (χ2v) is 6.78. The zero-order valence-corrected chi connectivity index (χ0v) is 12.1. The fraction of sp³-hybridized carbons (Fsp3) is 0.385. The van der Waals surface area contributed by atoms with Crippen LogP contribution < -0.4 is 0 Å². The molecule has 1 aromatic rings. The molecule has 21 heavy (non-hydrogen) atoms. The lowest BCUT2D eigenvalue weighted by Crippen LogP contribution is -2.40. The third kappa shape index (κ3) is 2.77. The van der Waals surface area contributed by atoms with Crippen molar-refractivity contribution in [3.05, 3.63) is 29.3 Å². The van der Waals surface area contributed by atoms with Crippen LogP contribution in [0.25, 0.3) is 0 Å². The average Bonchev–Trinajstić information content (AvgIpc) is 2.88. The van der Waals surface area contributed by atoms with Gasteiger partial charge in [0.25, 0.3) is 0 Å². The van der Waals surface area contributed by atoms with Gasteiger partial charge in [-0.1, -0.05) is 6.07 Å². The lowest BCUT2D eigenvalue weighted by molar-refractivity contribution is -0.140. The monoisotopic (exact) mass is 313 g/mol. The molecular weight excluding hydrogens is 298 g/mol. The smallest absolute Gasteiger partial charge is 0.335 e. The van der Waals surface area contributed by atoms with Crippen LogP contribution in [0.3, 0.4) is 0 Å². The summed E-state index contributed by atoms with van der Waals surface area (Å²) < 4.78 is 25.9. The van der Waals surface area contributed by atoms with E-state index >= 15 is 0 Å². The van der Waals surface area contributed by atoms with Crippen LogP contribution in [0.5, 0.6) is 0 Å². The molecule has 1 aliphatic rings. The van der Waals surface area contributed by atoms with Crippen LogP contribution in [0.4, 0.5) is 0 Å². The number of rotatable bonds is 4. The van der Waals surface area contributed by atoms with E-state index in [1.807, 2.05) is 0 Å². The zero-order chi connectivity index (χ0) is 15.8. The number of carboxylic acids is 2. The molecule has 0 aromatic heterocycles. The predicted molar refractivity (Wildman–Crippen MR) is 72.7 cm³/mol. The number of aryl methyl sites for hydroxylation is 1. The average molecular weight is 313 g/mol. The molecule has 1 saturated heterocycles. The quantitative estimate of drug-likeness (QED) is 0.855. The predicted octanol–water partition coefficient (Wildman–Crippen LogP) is 0.931. The van der Waals surface area contributed by atoms with Crippen molar-refractivity contribution in [2.75, 3.05) is 6.54 Å². The number of aromatic carboxylic acids is 1. The summed E-state index contributed by atoms with van der Waals surface area (Å²) >= 11 is 0. The van der Waals surface area contributed by atoms with Crippen LogP contribution >= 0.6 is 0 Å². The first-order valence-corrected chi connectivity index (χ1v) is 7.77. The van der Waals surface area contributed by atoms with Gasteiger partial charge in [-0.25, -0.2) is 13.2 Å². The van der Waals surface area contributed by atoms with E-state index < -0.39 is 28.0 Å². The van der Waals surface area contributed by atoms with Crippen LogP contribution in [-0.4, -0.2) is 47.5 Å². The summed E-state index contributed by atoms with van der Waals surface area (Å²) in [5.41, 5.74) is 0.333. The first kappa shape index (κ1) is 15.5. The minimum absolute atomic E-state index is 0.109. The summed E-state index contributed by atoms with van der Waals surface area (Å²) in [6.45, 7) is 1.69. The van der Waals surface area contributed by atoms with Crippen molar-refractivity contribution in [1.29, 1.82) is 0 Å². The number of hydrogen-bond donors (Lipinski definition) is 2. The Balaban J connectivity index is 2.47. The van der Waals surface area contributed by atoms with Gasteiger partial charge in [-0.15, -0.1) is 0 Å². The number of hydrogen-bond acceptors (Lipinski definition) is 4. The lowest BCUT2D eigenvalue weighted by atomic mass is 10.1. The van der Waals surface area contributed by atoms with Crippen molar-refractivity contribution in [2.45, 2.75) is 30.7 Å². The van der Waals surface area contributed by atoms with Crippen molar-refractivity contribution in [2.24, 2.45) is 0 Å². The molecule has 0 spiro atoms. The molecule has 0 bridgehead atoms. The number of sulfonamides is 1. The second-order valence-electron chi connectivity index (χ2n) is 4.89. The van der Waals surface area contributed by atoms with Crippen LogP contribution in [0.15, 0.2) is 23.1 Å². The number of aliphatic carboxylic acids is 1. The first-order valence-electron chi connectivity index (χ1n) is 6.33. The molecule has 7 nitrogen and oxygen atoms in total. The number of carboxylic acid groups (broad SMARTS) is 2. The molecule has 1 fully saturated rings. The summed E-state index contributed by atoms with van der Waals surface area (Å²) in [6.07, 6.45) is 0.722. The number of nitrogens with zero attached hydrogens (tertiary/aromatic N) is 1. The van der Waals surface area contributed by atoms with E-state index in [0.29, 0.717) is 12.0 Å². The van der Waals surface area contributed by atoms with Gasteiger partial charge in [0.15, 0.2) is 0 Å². The molecule has 0 radical (unpaired) electrons. The molecule has 2 rings (SSSR count). The van der Waals surface area contributed by atoms with Crippen molar-refractivity contribution in [3.63, 3.8) is 0 Å². The Labute approximate surface area is 121 Å². The number of carbonyl (C=O) groups is 2. The van der Waals surface area contributed by atoms with E-state index in [-0.39, 0.29) is 23.4 Å². The van der Waals surface area contributed by atoms with E-state index in [4.69, 9.17) is 10.2 Å². The fourth-order valence-corrected chi connectivity index (χ4v) is 4.08. The minimum Gasteiger partial charge on any atom is -0.480 e. The summed E-state index contributed by atoms with van der Waals surface area (Å²) in [5, 5.41) is 18.1. The lowest BCUT2D eigenvalue weighted by Gasteiger charge is -2.21. The molecule has 2 N–H and O–H groups in total. The highest BCUT2D eigenvalue weighted by atomic mass is 32.2. The molecule has 0 unspecified atom stereocenters. The standard InChI is InChI=1S/C13H15NO6S/c1-8-4-5-9(7-10(8)12(15)16)21(19,20)14-6-2-3-11(14)13(17)18/h4-5,7,11H,2-3,6H2,1H3,(H,15,16)(H,17,18)/t11-/m0/s1. The summed E-state index contributed by atoms with van der Waals surface area (Å²) in [6, 6.07) is 2.69.